The zero-order valence-electron chi connectivity index (χ0n) is 3.33. The highest BCUT2D eigenvalue weighted by molar-refractivity contribution is 4.43. The Morgan fingerprint density at radius 1 is 1.17 bits per heavy atom. The molecule has 1 unspecified atom stereocenters. The Hall–Kier alpha value is -0.120. The van der Waals surface area contributed by atoms with Crippen molar-refractivity contribution in [1.82, 2.24) is 0 Å². The first kappa shape index (κ1) is 5.88. The van der Waals surface area contributed by atoms with Crippen molar-refractivity contribution in [2.24, 2.45) is 0 Å². The predicted molar refractivity (Wildman–Crippen MR) is 20.2 cm³/mol. The van der Waals surface area contributed by atoms with E-state index >= 15 is 0 Å². The lowest BCUT2D eigenvalue weighted by molar-refractivity contribution is 0.0450. The van der Waals surface area contributed by atoms with Gasteiger partial charge in [0.05, 0.1) is 13.2 Å². The maximum absolute atomic E-state index is 8.17. The summed E-state index contributed by atoms with van der Waals surface area (Å²) in [4.78, 5) is 0. The fourth-order valence-electron chi connectivity index (χ4n) is 0.0577. The van der Waals surface area contributed by atoms with E-state index in [-0.39, 0.29) is 13.2 Å². The molecule has 0 aliphatic carbocycles. The number of hydrogen-bond donors (Lipinski definition) is 3. The minimum absolute atomic E-state index is 0.365. The Balaban J connectivity index is 2.75. The molecular weight excluding hydrogens is 85.0 g/mol. The molecule has 6 heavy (non-hydrogen) atoms. The lowest BCUT2D eigenvalue weighted by Crippen LogP contribution is -2.15. The van der Waals surface area contributed by atoms with Crippen molar-refractivity contribution in [2.45, 2.75) is 6.10 Å². The molecule has 0 aromatic heterocycles. The molecule has 1 atom stereocenters. The first-order valence-electron chi connectivity index (χ1n) is 1.71. The molecule has 0 amide bonds. The van der Waals surface area contributed by atoms with Crippen LogP contribution in [0.2, 0.25) is 0 Å². The van der Waals surface area contributed by atoms with Gasteiger partial charge < -0.3 is 15.3 Å². The highest BCUT2D eigenvalue weighted by Crippen LogP contribution is 1.71. The SMILES string of the molecule is OCC(O)[13CH2]O. The van der Waals surface area contributed by atoms with Gasteiger partial charge in [-0.25, -0.2) is 0 Å². The second kappa shape index (κ2) is 3.08. The smallest absolute Gasteiger partial charge is 0.100 e. The highest BCUT2D eigenvalue weighted by atomic mass is 16.4. The van der Waals surface area contributed by atoms with Gasteiger partial charge in [0.2, 0.25) is 0 Å². The number of aliphatic hydroxyl groups excluding tert-OH is 3. The first-order chi connectivity index (χ1) is 2.81. The van der Waals surface area contributed by atoms with Gasteiger partial charge in [0.25, 0.3) is 0 Å². The van der Waals surface area contributed by atoms with Gasteiger partial charge in [-0.05, 0) is 0 Å². The van der Waals surface area contributed by atoms with Crippen molar-refractivity contribution in [3.05, 3.63) is 0 Å². The summed E-state index contributed by atoms with van der Waals surface area (Å²) >= 11 is 0. The van der Waals surface area contributed by atoms with Crippen molar-refractivity contribution in [2.75, 3.05) is 13.2 Å². The third kappa shape index (κ3) is 2.14. The molecule has 3 nitrogen and oxygen atoms in total. The van der Waals surface area contributed by atoms with E-state index in [1.807, 2.05) is 0 Å². The molecule has 0 rings (SSSR count). The first-order valence-corrected chi connectivity index (χ1v) is 1.71. The fourth-order valence-corrected chi connectivity index (χ4v) is 0.0577. The van der Waals surface area contributed by atoms with E-state index in [0.717, 1.165) is 0 Å². The van der Waals surface area contributed by atoms with Crippen molar-refractivity contribution < 1.29 is 15.3 Å². The van der Waals surface area contributed by atoms with Crippen LogP contribution in [0.3, 0.4) is 0 Å². The van der Waals surface area contributed by atoms with Crippen LogP contribution in [0.15, 0.2) is 0 Å². The Labute approximate surface area is 35.9 Å². The molecule has 0 spiro atoms. The van der Waals surface area contributed by atoms with Crippen LogP contribution in [0.4, 0.5) is 0 Å². The number of rotatable bonds is 2. The van der Waals surface area contributed by atoms with E-state index < -0.39 is 6.10 Å². The summed E-state index contributed by atoms with van der Waals surface area (Å²) in [5, 5.41) is 24.0. The summed E-state index contributed by atoms with van der Waals surface area (Å²) in [5.74, 6) is 0. The van der Waals surface area contributed by atoms with Gasteiger partial charge in [-0.15, -0.1) is 0 Å². The molecule has 38 valence electrons. The molecule has 0 radical (unpaired) electrons. The van der Waals surface area contributed by atoms with Crippen molar-refractivity contribution in [3.8, 4) is 0 Å². The molecule has 0 heterocycles. The van der Waals surface area contributed by atoms with Crippen molar-refractivity contribution in [1.29, 1.82) is 0 Å². The quantitative estimate of drug-likeness (QED) is 0.358. The molecule has 0 bridgehead atoms. The van der Waals surface area contributed by atoms with Crippen LogP contribution in [-0.4, -0.2) is 34.6 Å². The second-order valence-corrected chi connectivity index (χ2v) is 1.02. The monoisotopic (exact) mass is 93.1 g/mol. The topological polar surface area (TPSA) is 60.7 Å². The van der Waals surface area contributed by atoms with E-state index in [4.69, 9.17) is 15.3 Å². The highest BCUT2D eigenvalue weighted by Gasteiger charge is 1.93. The largest absolute Gasteiger partial charge is 0.394 e. The predicted octanol–water partition coefficient (Wildman–Crippen LogP) is -1.67. The Morgan fingerprint density at radius 3 is 1.50 bits per heavy atom. The summed E-state index contributed by atoms with van der Waals surface area (Å²) in [6.45, 7) is -0.729. The molecule has 0 aliphatic heterocycles. The van der Waals surface area contributed by atoms with Crippen LogP contribution in [-0.2, 0) is 0 Å². The molecule has 3 heteroatoms. The lowest BCUT2D eigenvalue weighted by Gasteiger charge is -1.96. The number of aliphatic hydroxyl groups is 3. The van der Waals surface area contributed by atoms with Crippen LogP contribution in [0.5, 0.6) is 0 Å². The van der Waals surface area contributed by atoms with Crippen LogP contribution < -0.4 is 0 Å². The minimum Gasteiger partial charge on any atom is -0.394 e. The minimum atomic E-state index is -0.954. The van der Waals surface area contributed by atoms with Gasteiger partial charge >= 0.3 is 0 Å². The van der Waals surface area contributed by atoms with Gasteiger partial charge in [0, 0.05) is 0 Å². The Morgan fingerprint density at radius 2 is 1.50 bits per heavy atom. The molecular formula is C3H8O3. The third-order valence-electron chi connectivity index (χ3n) is 0.421. The van der Waals surface area contributed by atoms with E-state index in [1.54, 1.807) is 0 Å². The van der Waals surface area contributed by atoms with Gasteiger partial charge in [0.15, 0.2) is 0 Å². The standard InChI is InChI=1S/C3H8O3/c4-1-3(6)2-5/h3-6H,1-2H2/i1+1. The van der Waals surface area contributed by atoms with Gasteiger partial charge in [-0.3, -0.25) is 0 Å². The van der Waals surface area contributed by atoms with E-state index in [9.17, 15) is 0 Å². The normalized spacial score (nSPS) is 14.5. The summed E-state index contributed by atoms with van der Waals surface area (Å²) in [6.07, 6.45) is -0.954. The molecule has 0 aromatic carbocycles. The second-order valence-electron chi connectivity index (χ2n) is 1.02. The maximum atomic E-state index is 8.17. The maximum Gasteiger partial charge on any atom is 0.100 e. The summed E-state index contributed by atoms with van der Waals surface area (Å²) in [7, 11) is 0. The Kier molecular flexibility index (Phi) is 3.02. The van der Waals surface area contributed by atoms with Crippen LogP contribution in [0.25, 0.3) is 0 Å². The molecule has 0 aliphatic rings. The van der Waals surface area contributed by atoms with E-state index in [1.165, 1.54) is 0 Å². The summed E-state index contributed by atoms with van der Waals surface area (Å²) in [5.41, 5.74) is 0. The molecule has 0 aromatic rings. The zero-order valence-corrected chi connectivity index (χ0v) is 3.33. The average molecular weight is 93.1 g/mol. The van der Waals surface area contributed by atoms with Crippen LogP contribution in [0, 0.1) is 0 Å². The van der Waals surface area contributed by atoms with Crippen LogP contribution >= 0.6 is 0 Å². The molecule has 3 N–H and O–H groups in total. The molecule has 0 saturated carbocycles. The van der Waals surface area contributed by atoms with E-state index in [2.05, 4.69) is 0 Å². The van der Waals surface area contributed by atoms with Crippen LogP contribution in [0.1, 0.15) is 0 Å². The van der Waals surface area contributed by atoms with Gasteiger partial charge in [-0.2, -0.15) is 0 Å². The zero-order chi connectivity index (χ0) is 4.99. The molecule has 0 fully saturated rings. The summed E-state index contributed by atoms with van der Waals surface area (Å²) in [6, 6.07) is 0. The number of hydrogen-bond acceptors (Lipinski definition) is 3. The van der Waals surface area contributed by atoms with Crippen molar-refractivity contribution >= 4 is 0 Å². The molecule has 0 saturated heterocycles. The lowest BCUT2D eigenvalue weighted by atomic mass is 10.6. The van der Waals surface area contributed by atoms with E-state index in [0.29, 0.717) is 0 Å². The average Bonchev–Trinajstić information content (AvgIpc) is 1.65. The fraction of sp³-hybridized carbons (Fsp3) is 1.00. The van der Waals surface area contributed by atoms with Crippen molar-refractivity contribution in [3.63, 3.8) is 0 Å². The Bertz CT molecular complexity index is 25.2. The third-order valence-corrected chi connectivity index (χ3v) is 0.421. The summed E-state index contributed by atoms with van der Waals surface area (Å²) < 4.78 is 0. The van der Waals surface area contributed by atoms with Gasteiger partial charge in [0.1, 0.15) is 6.10 Å². The van der Waals surface area contributed by atoms with Gasteiger partial charge in [-0.1, -0.05) is 0 Å².